The molecule has 4 nitrogen and oxygen atoms in total. The number of anilines is 1. The van der Waals surface area contributed by atoms with Crippen LogP contribution in [0.25, 0.3) is 0 Å². The molecule has 5 heteroatoms. The predicted octanol–water partition coefficient (Wildman–Crippen LogP) is 0.456. The van der Waals surface area contributed by atoms with Gasteiger partial charge in [0.25, 0.3) is 5.56 Å². The Morgan fingerprint density at radius 1 is 1.67 bits per heavy atom. The standard InChI is InChI=1S/C7H10N2O2.ClH/c1-11-5-9-4-2-3-6(8)7(9)10;/h2-4H,5,8H2,1H3;1H. The Hall–Kier alpha value is -1.000. The Kier molecular flexibility index (Phi) is 4.39. The molecule has 0 amide bonds. The van der Waals surface area contributed by atoms with E-state index in [-0.39, 0.29) is 30.4 Å². The van der Waals surface area contributed by atoms with Crippen molar-refractivity contribution in [2.75, 3.05) is 12.8 Å². The van der Waals surface area contributed by atoms with E-state index in [2.05, 4.69) is 0 Å². The van der Waals surface area contributed by atoms with E-state index in [9.17, 15) is 4.79 Å². The van der Waals surface area contributed by atoms with Crippen LogP contribution in [0, 0.1) is 0 Å². The molecular weight excluding hydrogens is 180 g/mol. The number of hydrogen-bond acceptors (Lipinski definition) is 3. The van der Waals surface area contributed by atoms with Crippen molar-refractivity contribution >= 4 is 18.1 Å². The Morgan fingerprint density at radius 2 is 2.33 bits per heavy atom. The van der Waals surface area contributed by atoms with Gasteiger partial charge < -0.3 is 10.5 Å². The molecule has 0 atom stereocenters. The van der Waals surface area contributed by atoms with Crippen LogP contribution in [0.5, 0.6) is 0 Å². The topological polar surface area (TPSA) is 57.2 Å². The van der Waals surface area contributed by atoms with Gasteiger partial charge in [0.05, 0.1) is 5.69 Å². The maximum atomic E-state index is 11.1. The molecule has 1 aromatic rings. The van der Waals surface area contributed by atoms with Gasteiger partial charge in [-0.3, -0.25) is 9.36 Å². The number of pyridine rings is 1. The Labute approximate surface area is 76.4 Å². The maximum absolute atomic E-state index is 11.1. The first-order chi connectivity index (χ1) is 5.25. The van der Waals surface area contributed by atoms with Gasteiger partial charge in [-0.25, -0.2) is 0 Å². The molecule has 0 spiro atoms. The third kappa shape index (κ3) is 2.25. The van der Waals surface area contributed by atoms with E-state index in [1.807, 2.05) is 0 Å². The lowest BCUT2D eigenvalue weighted by Crippen LogP contribution is -2.22. The molecular formula is C7H11ClN2O2. The Morgan fingerprint density at radius 3 is 2.92 bits per heavy atom. The number of nitrogens with zero attached hydrogens (tertiary/aromatic N) is 1. The van der Waals surface area contributed by atoms with Crippen molar-refractivity contribution in [2.24, 2.45) is 0 Å². The average molecular weight is 191 g/mol. The molecule has 12 heavy (non-hydrogen) atoms. The number of rotatable bonds is 2. The van der Waals surface area contributed by atoms with Crippen LogP contribution < -0.4 is 11.3 Å². The van der Waals surface area contributed by atoms with Crippen LogP contribution >= 0.6 is 12.4 Å². The molecule has 1 rings (SSSR count). The van der Waals surface area contributed by atoms with Crippen LogP contribution in [0.4, 0.5) is 5.69 Å². The highest BCUT2D eigenvalue weighted by Crippen LogP contribution is 1.90. The summed E-state index contributed by atoms with van der Waals surface area (Å²) in [4.78, 5) is 11.1. The molecule has 2 N–H and O–H groups in total. The second-order valence-electron chi connectivity index (χ2n) is 2.16. The van der Waals surface area contributed by atoms with Crippen molar-refractivity contribution in [3.63, 3.8) is 0 Å². The van der Waals surface area contributed by atoms with Gasteiger partial charge >= 0.3 is 0 Å². The van der Waals surface area contributed by atoms with Gasteiger partial charge in [-0.15, -0.1) is 12.4 Å². The molecule has 0 radical (unpaired) electrons. The Balaban J connectivity index is 0.00000121. The molecule has 0 aromatic carbocycles. The number of nitrogen functional groups attached to an aromatic ring is 1. The molecule has 0 saturated heterocycles. The highest BCUT2D eigenvalue weighted by Gasteiger charge is 1.96. The van der Waals surface area contributed by atoms with Gasteiger partial charge in [-0.2, -0.15) is 0 Å². The molecule has 68 valence electrons. The molecule has 0 fully saturated rings. The van der Waals surface area contributed by atoms with E-state index in [1.165, 1.54) is 11.7 Å². The van der Waals surface area contributed by atoms with Crippen molar-refractivity contribution < 1.29 is 4.74 Å². The number of nitrogens with two attached hydrogens (primary N) is 1. The first-order valence-corrected chi connectivity index (χ1v) is 3.19. The smallest absolute Gasteiger partial charge is 0.275 e. The second-order valence-corrected chi connectivity index (χ2v) is 2.16. The number of ether oxygens (including phenoxy) is 1. The number of hydrogen-bond donors (Lipinski definition) is 1. The number of halogens is 1. The average Bonchev–Trinajstić information content (AvgIpc) is 1.99. The summed E-state index contributed by atoms with van der Waals surface area (Å²) in [5, 5.41) is 0. The second kappa shape index (κ2) is 4.79. The van der Waals surface area contributed by atoms with Crippen LogP contribution in [0.2, 0.25) is 0 Å². The maximum Gasteiger partial charge on any atom is 0.275 e. The molecule has 0 aliphatic heterocycles. The highest BCUT2D eigenvalue weighted by atomic mass is 35.5. The van der Waals surface area contributed by atoms with Crippen molar-refractivity contribution in [1.82, 2.24) is 4.57 Å². The lowest BCUT2D eigenvalue weighted by atomic mass is 10.4. The van der Waals surface area contributed by atoms with Crippen LogP contribution in [0.1, 0.15) is 0 Å². The van der Waals surface area contributed by atoms with E-state index < -0.39 is 0 Å². The van der Waals surface area contributed by atoms with Gasteiger partial charge in [0.1, 0.15) is 6.73 Å². The summed E-state index contributed by atoms with van der Waals surface area (Å²) in [5.74, 6) is 0. The minimum Gasteiger partial charge on any atom is -0.394 e. The lowest BCUT2D eigenvalue weighted by molar-refractivity contribution is 0.128. The minimum absolute atomic E-state index is 0. The van der Waals surface area contributed by atoms with Crippen molar-refractivity contribution in [3.8, 4) is 0 Å². The minimum atomic E-state index is -0.214. The van der Waals surface area contributed by atoms with Crippen LogP contribution in [0.15, 0.2) is 23.1 Å². The monoisotopic (exact) mass is 190 g/mol. The summed E-state index contributed by atoms with van der Waals surface area (Å²) in [6, 6.07) is 3.27. The molecule has 0 bridgehead atoms. The molecule has 0 saturated carbocycles. The zero-order chi connectivity index (χ0) is 8.27. The fourth-order valence-electron chi connectivity index (χ4n) is 0.796. The SMILES string of the molecule is COCn1cccc(N)c1=O.Cl. The third-order valence-electron chi connectivity index (χ3n) is 1.32. The number of aromatic nitrogens is 1. The van der Waals surface area contributed by atoms with Gasteiger partial charge in [-0.05, 0) is 12.1 Å². The third-order valence-corrected chi connectivity index (χ3v) is 1.32. The fraction of sp³-hybridized carbons (Fsp3) is 0.286. The first-order valence-electron chi connectivity index (χ1n) is 3.19. The molecule has 0 aliphatic rings. The molecule has 1 aromatic heterocycles. The first kappa shape index (κ1) is 11.0. The Bertz CT molecular complexity index is 298. The summed E-state index contributed by atoms with van der Waals surface area (Å²) in [5.41, 5.74) is 5.39. The van der Waals surface area contributed by atoms with Crippen molar-refractivity contribution in [1.29, 1.82) is 0 Å². The van der Waals surface area contributed by atoms with Crippen LogP contribution in [-0.4, -0.2) is 11.7 Å². The normalized spacial score (nSPS) is 9.08. The van der Waals surface area contributed by atoms with E-state index in [4.69, 9.17) is 10.5 Å². The van der Waals surface area contributed by atoms with Gasteiger partial charge in [-0.1, -0.05) is 0 Å². The van der Waals surface area contributed by atoms with E-state index in [0.29, 0.717) is 0 Å². The van der Waals surface area contributed by atoms with Crippen molar-refractivity contribution in [3.05, 3.63) is 28.7 Å². The zero-order valence-electron chi connectivity index (χ0n) is 6.69. The molecule has 1 heterocycles. The largest absolute Gasteiger partial charge is 0.394 e. The number of methoxy groups -OCH3 is 1. The van der Waals surface area contributed by atoms with Gasteiger partial charge in [0.15, 0.2) is 0 Å². The van der Waals surface area contributed by atoms with E-state index in [1.54, 1.807) is 18.3 Å². The summed E-state index contributed by atoms with van der Waals surface area (Å²) in [7, 11) is 1.52. The molecule has 0 aliphatic carbocycles. The van der Waals surface area contributed by atoms with Crippen molar-refractivity contribution in [2.45, 2.75) is 6.73 Å². The predicted molar refractivity (Wildman–Crippen MR) is 49.4 cm³/mol. The summed E-state index contributed by atoms with van der Waals surface area (Å²) >= 11 is 0. The van der Waals surface area contributed by atoms with Crippen LogP contribution in [0.3, 0.4) is 0 Å². The fourth-order valence-corrected chi connectivity index (χ4v) is 0.796. The summed E-state index contributed by atoms with van der Waals surface area (Å²) < 4.78 is 6.17. The van der Waals surface area contributed by atoms with E-state index in [0.717, 1.165) is 0 Å². The molecule has 0 unspecified atom stereocenters. The summed E-state index contributed by atoms with van der Waals surface area (Å²) in [6.07, 6.45) is 1.63. The quantitative estimate of drug-likeness (QED) is 0.737. The van der Waals surface area contributed by atoms with Gasteiger partial charge in [0.2, 0.25) is 0 Å². The van der Waals surface area contributed by atoms with Gasteiger partial charge in [0, 0.05) is 13.3 Å². The van der Waals surface area contributed by atoms with E-state index >= 15 is 0 Å². The lowest BCUT2D eigenvalue weighted by Gasteiger charge is -2.02. The summed E-state index contributed by atoms with van der Waals surface area (Å²) in [6.45, 7) is 0.240. The zero-order valence-corrected chi connectivity index (χ0v) is 7.50. The highest BCUT2D eigenvalue weighted by molar-refractivity contribution is 5.85. The van der Waals surface area contributed by atoms with Crippen LogP contribution in [-0.2, 0) is 11.5 Å².